The minimum absolute atomic E-state index is 0.0352. The summed E-state index contributed by atoms with van der Waals surface area (Å²) in [5, 5.41) is 39.3. The third-order valence-electron chi connectivity index (χ3n) is 6.13. The van der Waals surface area contributed by atoms with Gasteiger partial charge in [0.05, 0.1) is 18.6 Å². The average Bonchev–Trinajstić information content (AvgIpc) is 2.93. The summed E-state index contributed by atoms with van der Waals surface area (Å²) in [5.74, 6) is 0.442. The van der Waals surface area contributed by atoms with Crippen LogP contribution in [0.3, 0.4) is 0 Å². The number of rotatable bonds is 6. The van der Waals surface area contributed by atoms with Crippen LogP contribution in [-0.2, 0) is 22.3 Å². The third kappa shape index (κ3) is 3.97. The summed E-state index contributed by atoms with van der Waals surface area (Å²) in [6.45, 7) is 5.19. The molecule has 1 aromatic rings. The topological polar surface area (TPSA) is 116 Å². The Labute approximate surface area is 175 Å². The van der Waals surface area contributed by atoms with E-state index >= 15 is 0 Å². The van der Waals surface area contributed by atoms with Gasteiger partial charge in [0.1, 0.15) is 24.4 Å². The highest BCUT2D eigenvalue weighted by Gasteiger charge is 2.47. The van der Waals surface area contributed by atoms with Crippen molar-refractivity contribution in [2.45, 2.75) is 64.3 Å². The molecule has 1 fully saturated rings. The molecule has 3 rings (SSSR count). The number of ether oxygens (including phenoxy) is 2. The minimum Gasteiger partial charge on any atom is -0.394 e. The molecule has 2 aliphatic rings. The molecule has 7 nitrogen and oxygen atoms in total. The van der Waals surface area contributed by atoms with Crippen LogP contribution in [-0.4, -0.2) is 76.0 Å². The Hall–Kier alpha value is -1.06. The van der Waals surface area contributed by atoms with Crippen molar-refractivity contribution < 1.29 is 34.7 Å². The molecule has 162 valence electrons. The van der Waals surface area contributed by atoms with E-state index in [1.807, 2.05) is 19.9 Å². The normalized spacial score (nSPS) is 34.5. The standard InChI is InChI=1S/C21H29ClO7/c1-10-6-12-7-21(3,19(27)15(12)11(2)13(10)4-5-22)9-28-20-18(26)17(25)16(24)14(8-23)29-20/h6,14,16-18,20,23-26H,4-5,7-9H2,1-3H3/t14-,16-,17-,18+,20+,21-/m0/s1. The second-order valence-electron chi connectivity index (χ2n) is 8.34. The molecular weight excluding hydrogens is 400 g/mol. The molecule has 0 aromatic heterocycles. The second kappa shape index (κ2) is 8.59. The van der Waals surface area contributed by atoms with Crippen molar-refractivity contribution in [3.8, 4) is 0 Å². The van der Waals surface area contributed by atoms with E-state index in [1.165, 1.54) is 0 Å². The largest absolute Gasteiger partial charge is 0.394 e. The zero-order valence-electron chi connectivity index (χ0n) is 16.9. The number of hydrogen-bond donors (Lipinski definition) is 4. The van der Waals surface area contributed by atoms with Crippen molar-refractivity contribution in [2.75, 3.05) is 19.1 Å². The Balaban J connectivity index is 1.78. The number of halogens is 1. The smallest absolute Gasteiger partial charge is 0.186 e. The number of aliphatic hydroxyl groups is 4. The molecule has 4 N–H and O–H groups in total. The number of hydrogen-bond acceptors (Lipinski definition) is 7. The van der Waals surface area contributed by atoms with Crippen LogP contribution < -0.4 is 0 Å². The van der Waals surface area contributed by atoms with E-state index in [-0.39, 0.29) is 12.4 Å². The van der Waals surface area contributed by atoms with Gasteiger partial charge in [-0.2, -0.15) is 0 Å². The zero-order valence-corrected chi connectivity index (χ0v) is 17.6. The molecule has 0 spiro atoms. The van der Waals surface area contributed by atoms with Crippen LogP contribution in [0.1, 0.15) is 39.5 Å². The van der Waals surface area contributed by atoms with E-state index in [0.29, 0.717) is 24.3 Å². The second-order valence-corrected chi connectivity index (χ2v) is 8.72. The summed E-state index contributed by atoms with van der Waals surface area (Å²) in [7, 11) is 0. The summed E-state index contributed by atoms with van der Waals surface area (Å²) in [6.07, 6.45) is -5.58. The molecule has 1 aromatic carbocycles. The van der Waals surface area contributed by atoms with Crippen molar-refractivity contribution in [2.24, 2.45) is 5.41 Å². The van der Waals surface area contributed by atoms with Gasteiger partial charge >= 0.3 is 0 Å². The first-order chi connectivity index (χ1) is 13.6. The van der Waals surface area contributed by atoms with Crippen LogP contribution in [0, 0.1) is 19.3 Å². The van der Waals surface area contributed by atoms with Gasteiger partial charge in [-0.05, 0) is 55.9 Å². The van der Waals surface area contributed by atoms with Crippen LogP contribution in [0.15, 0.2) is 6.07 Å². The number of aliphatic hydroxyl groups excluding tert-OH is 4. The molecule has 6 atom stereocenters. The number of benzene rings is 1. The Morgan fingerprint density at radius 2 is 1.93 bits per heavy atom. The quantitative estimate of drug-likeness (QED) is 0.491. The molecule has 1 aliphatic heterocycles. The minimum atomic E-state index is -1.52. The summed E-state index contributed by atoms with van der Waals surface area (Å²) in [4.78, 5) is 13.3. The van der Waals surface area contributed by atoms with E-state index in [9.17, 15) is 25.2 Å². The Morgan fingerprint density at radius 3 is 2.55 bits per heavy atom. The van der Waals surface area contributed by atoms with Crippen LogP contribution in [0.4, 0.5) is 0 Å². The summed E-state index contributed by atoms with van der Waals surface area (Å²) < 4.78 is 11.1. The van der Waals surface area contributed by atoms with Gasteiger partial charge in [0.25, 0.3) is 0 Å². The lowest BCUT2D eigenvalue weighted by atomic mass is 9.86. The lowest BCUT2D eigenvalue weighted by Crippen LogP contribution is -2.59. The number of Topliss-reactive ketones (excluding diaryl/α,β-unsaturated/α-hetero) is 1. The molecule has 0 bridgehead atoms. The molecular formula is C21H29ClO7. The van der Waals surface area contributed by atoms with Gasteiger partial charge in [-0.3, -0.25) is 4.79 Å². The fourth-order valence-electron chi connectivity index (χ4n) is 4.43. The molecule has 0 saturated carbocycles. The van der Waals surface area contributed by atoms with Crippen LogP contribution in [0.5, 0.6) is 0 Å². The van der Waals surface area contributed by atoms with Crippen LogP contribution in [0.2, 0.25) is 0 Å². The Bertz CT molecular complexity index is 781. The predicted molar refractivity (Wildman–Crippen MR) is 106 cm³/mol. The number of aryl methyl sites for hydroxylation is 1. The molecule has 0 amide bonds. The number of ketones is 1. The molecule has 1 heterocycles. The van der Waals surface area contributed by atoms with E-state index in [1.54, 1.807) is 6.92 Å². The zero-order chi connectivity index (χ0) is 21.5. The van der Waals surface area contributed by atoms with E-state index < -0.39 is 42.7 Å². The number of carbonyl (C=O) groups excluding carboxylic acids is 1. The summed E-state index contributed by atoms with van der Waals surface area (Å²) >= 11 is 5.92. The maximum atomic E-state index is 13.3. The molecule has 29 heavy (non-hydrogen) atoms. The molecule has 8 heteroatoms. The van der Waals surface area contributed by atoms with Gasteiger partial charge in [-0.15, -0.1) is 11.6 Å². The first-order valence-electron chi connectivity index (χ1n) is 9.79. The maximum Gasteiger partial charge on any atom is 0.186 e. The molecule has 1 aliphatic carbocycles. The monoisotopic (exact) mass is 428 g/mol. The van der Waals surface area contributed by atoms with Gasteiger partial charge in [0.15, 0.2) is 12.1 Å². The Morgan fingerprint density at radius 1 is 1.24 bits per heavy atom. The fourth-order valence-corrected chi connectivity index (χ4v) is 4.62. The highest BCUT2D eigenvalue weighted by molar-refractivity contribution is 6.18. The third-order valence-corrected chi connectivity index (χ3v) is 6.32. The fraction of sp³-hybridized carbons (Fsp3) is 0.667. The Kier molecular flexibility index (Phi) is 6.70. The average molecular weight is 429 g/mol. The molecule has 0 radical (unpaired) electrons. The van der Waals surface area contributed by atoms with Gasteiger partial charge in [-0.1, -0.05) is 6.07 Å². The van der Waals surface area contributed by atoms with E-state index in [2.05, 4.69) is 0 Å². The van der Waals surface area contributed by atoms with Gasteiger partial charge < -0.3 is 29.9 Å². The van der Waals surface area contributed by atoms with Crippen molar-refractivity contribution in [1.82, 2.24) is 0 Å². The SMILES string of the molecule is Cc1cc2c(c(C)c1CCCl)C(=O)[C@](C)(CO[C@@H]1O[C@@H](CO)[C@H](O)[C@H](O)[C@H]1O)C2. The van der Waals surface area contributed by atoms with Gasteiger partial charge in [0, 0.05) is 11.4 Å². The molecule has 1 saturated heterocycles. The lowest BCUT2D eigenvalue weighted by molar-refractivity contribution is -0.304. The van der Waals surface area contributed by atoms with Gasteiger partial charge in [0.2, 0.25) is 0 Å². The van der Waals surface area contributed by atoms with Crippen molar-refractivity contribution >= 4 is 17.4 Å². The first kappa shape index (κ1) is 22.6. The van der Waals surface area contributed by atoms with Crippen molar-refractivity contribution in [1.29, 1.82) is 0 Å². The van der Waals surface area contributed by atoms with Crippen molar-refractivity contribution in [3.63, 3.8) is 0 Å². The highest BCUT2D eigenvalue weighted by Crippen LogP contribution is 2.41. The summed E-state index contributed by atoms with van der Waals surface area (Å²) in [6, 6.07) is 2.03. The highest BCUT2D eigenvalue weighted by atomic mass is 35.5. The van der Waals surface area contributed by atoms with Gasteiger partial charge in [-0.25, -0.2) is 0 Å². The molecule has 0 unspecified atom stereocenters. The van der Waals surface area contributed by atoms with E-state index in [4.69, 9.17) is 21.1 Å². The van der Waals surface area contributed by atoms with E-state index in [0.717, 1.165) is 22.3 Å². The maximum absolute atomic E-state index is 13.3. The number of fused-ring (bicyclic) bond motifs is 1. The summed E-state index contributed by atoms with van der Waals surface area (Å²) in [5.41, 5.74) is 3.96. The van der Waals surface area contributed by atoms with Crippen LogP contribution in [0.25, 0.3) is 0 Å². The predicted octanol–water partition coefficient (Wildman–Crippen LogP) is 0.646. The first-order valence-corrected chi connectivity index (χ1v) is 10.3. The lowest BCUT2D eigenvalue weighted by Gasteiger charge is -2.40. The van der Waals surface area contributed by atoms with Crippen LogP contribution >= 0.6 is 11.6 Å². The van der Waals surface area contributed by atoms with Crippen molar-refractivity contribution in [3.05, 3.63) is 33.9 Å². The number of carbonyl (C=O) groups is 1. The number of alkyl halides is 1.